The van der Waals surface area contributed by atoms with Crippen molar-refractivity contribution in [1.82, 2.24) is 0 Å². The van der Waals surface area contributed by atoms with Crippen LogP contribution in [0.15, 0.2) is 59.1 Å². The number of halogens is 2. The second-order valence-electron chi connectivity index (χ2n) is 4.97. The van der Waals surface area contributed by atoms with E-state index in [9.17, 15) is 9.90 Å². The zero-order valence-electron chi connectivity index (χ0n) is 13.6. The van der Waals surface area contributed by atoms with Crippen molar-refractivity contribution in [2.45, 2.75) is 0 Å². The number of hydrogen-bond acceptors (Lipinski definition) is 4. The highest BCUT2D eigenvalue weighted by Gasteiger charge is 2.17. The molecule has 25 heavy (non-hydrogen) atoms. The Morgan fingerprint density at radius 1 is 1.16 bits per heavy atom. The smallest absolute Gasteiger partial charge is 0.193 e. The highest BCUT2D eigenvalue weighted by Crippen LogP contribution is 2.33. The lowest BCUT2D eigenvalue weighted by Crippen LogP contribution is -2.00. The van der Waals surface area contributed by atoms with Crippen LogP contribution in [0.2, 0.25) is 0 Å². The topological polar surface area (TPSA) is 55.8 Å². The summed E-state index contributed by atoms with van der Waals surface area (Å²) in [5, 5.41) is 10.5. The molecule has 0 saturated heterocycles. The number of carbonyl (C=O) groups excluding carboxylic acids is 1. The Kier molecular flexibility index (Phi) is 6.67. The van der Waals surface area contributed by atoms with Gasteiger partial charge in [0, 0.05) is 21.6 Å². The maximum absolute atomic E-state index is 12.4. The van der Waals surface area contributed by atoms with Gasteiger partial charge >= 0.3 is 0 Å². The molecule has 0 aliphatic rings. The quantitative estimate of drug-likeness (QED) is 0.395. The molecule has 0 aliphatic carbocycles. The highest BCUT2D eigenvalue weighted by atomic mass is 79.9. The van der Waals surface area contributed by atoms with Crippen LogP contribution >= 0.6 is 27.5 Å². The van der Waals surface area contributed by atoms with E-state index in [2.05, 4.69) is 15.9 Å². The second-order valence-corrected chi connectivity index (χ2v) is 6.29. The molecule has 0 amide bonds. The molecule has 130 valence electrons. The van der Waals surface area contributed by atoms with Gasteiger partial charge in [-0.05, 0) is 29.8 Å². The summed E-state index contributed by atoms with van der Waals surface area (Å²) in [6.07, 6.45) is 4.44. The average Bonchev–Trinajstić information content (AvgIpc) is 2.61. The number of ether oxygens (including phenoxy) is 2. The number of carbonyl (C=O) groups is 1. The van der Waals surface area contributed by atoms with Gasteiger partial charge in [0.25, 0.3) is 0 Å². The van der Waals surface area contributed by atoms with Crippen molar-refractivity contribution in [3.8, 4) is 17.2 Å². The average molecular weight is 424 g/mol. The van der Waals surface area contributed by atoms with E-state index in [4.69, 9.17) is 21.1 Å². The van der Waals surface area contributed by atoms with E-state index in [-0.39, 0.29) is 17.1 Å². The van der Waals surface area contributed by atoms with Crippen molar-refractivity contribution in [2.75, 3.05) is 14.2 Å². The Balaban J connectivity index is 2.23. The van der Waals surface area contributed by atoms with Crippen molar-refractivity contribution in [3.05, 3.63) is 70.2 Å². The molecular weight excluding hydrogens is 408 g/mol. The fourth-order valence-electron chi connectivity index (χ4n) is 2.11. The minimum Gasteiger partial charge on any atom is -0.507 e. The molecule has 0 fully saturated rings. The first kappa shape index (κ1) is 19.1. The third kappa shape index (κ3) is 4.87. The van der Waals surface area contributed by atoms with E-state index in [0.717, 1.165) is 10.0 Å². The van der Waals surface area contributed by atoms with Crippen LogP contribution in [0.1, 0.15) is 15.9 Å². The summed E-state index contributed by atoms with van der Waals surface area (Å²) in [6, 6.07) is 10.4. The van der Waals surface area contributed by atoms with Gasteiger partial charge in [0.05, 0.1) is 14.2 Å². The van der Waals surface area contributed by atoms with E-state index < -0.39 is 5.78 Å². The third-order valence-electron chi connectivity index (χ3n) is 3.37. The molecule has 0 atom stereocenters. The summed E-state index contributed by atoms with van der Waals surface area (Å²) in [4.78, 5) is 12.4. The minimum atomic E-state index is -0.409. The van der Waals surface area contributed by atoms with Crippen molar-refractivity contribution in [2.24, 2.45) is 0 Å². The van der Waals surface area contributed by atoms with Crippen LogP contribution < -0.4 is 9.47 Å². The van der Waals surface area contributed by atoms with E-state index >= 15 is 0 Å². The molecule has 1 N–H and O–H groups in total. The van der Waals surface area contributed by atoms with Gasteiger partial charge in [-0.3, -0.25) is 4.79 Å². The Morgan fingerprint density at radius 3 is 2.44 bits per heavy atom. The van der Waals surface area contributed by atoms with Gasteiger partial charge < -0.3 is 14.6 Å². The van der Waals surface area contributed by atoms with Gasteiger partial charge in [-0.2, -0.15) is 0 Å². The maximum Gasteiger partial charge on any atom is 0.193 e. The maximum atomic E-state index is 12.4. The van der Waals surface area contributed by atoms with Gasteiger partial charge in [-0.15, -0.1) is 0 Å². The van der Waals surface area contributed by atoms with Crippen molar-refractivity contribution in [3.63, 3.8) is 0 Å². The van der Waals surface area contributed by atoms with Gasteiger partial charge in [0.1, 0.15) is 22.8 Å². The molecule has 2 aromatic rings. The summed E-state index contributed by atoms with van der Waals surface area (Å²) in [5.74, 6) is 0.00454. The van der Waals surface area contributed by atoms with E-state index in [1.165, 1.54) is 38.5 Å². The monoisotopic (exact) mass is 422 g/mol. The number of aromatic hydroxyl groups is 1. The highest BCUT2D eigenvalue weighted by molar-refractivity contribution is 9.10. The number of ketones is 1. The Morgan fingerprint density at radius 2 is 1.84 bits per heavy atom. The first-order valence-corrected chi connectivity index (χ1v) is 8.42. The lowest BCUT2D eigenvalue weighted by Gasteiger charge is -2.10. The fraction of sp³-hybridized carbons (Fsp3) is 0.105. The molecule has 0 heterocycles. The van der Waals surface area contributed by atoms with Crippen LogP contribution in [0.4, 0.5) is 0 Å². The Labute approximate surface area is 159 Å². The predicted octanol–water partition coefficient (Wildman–Crippen LogP) is 5.19. The Bertz CT molecular complexity index is 826. The van der Waals surface area contributed by atoms with Gasteiger partial charge in [0.2, 0.25) is 0 Å². The molecule has 6 heteroatoms. The van der Waals surface area contributed by atoms with Crippen LogP contribution in [-0.2, 0) is 0 Å². The molecule has 0 bridgehead atoms. The van der Waals surface area contributed by atoms with E-state index in [1.54, 1.807) is 6.08 Å². The SMILES string of the molecule is COc1cc(O)c(C(=O)/C=C/C=C(\Cl)c2ccc(Br)cc2)c(OC)c1. The van der Waals surface area contributed by atoms with Crippen LogP contribution in [0, 0.1) is 0 Å². The molecular formula is C19H16BrClO4. The second kappa shape index (κ2) is 8.74. The first-order valence-electron chi connectivity index (χ1n) is 7.25. The van der Waals surface area contributed by atoms with Gasteiger partial charge in [-0.1, -0.05) is 45.7 Å². The van der Waals surface area contributed by atoms with Crippen LogP contribution in [0.5, 0.6) is 17.2 Å². The summed E-state index contributed by atoms with van der Waals surface area (Å²) in [7, 11) is 2.88. The summed E-state index contributed by atoms with van der Waals surface area (Å²) < 4.78 is 11.2. The molecule has 4 nitrogen and oxygen atoms in total. The summed E-state index contributed by atoms with van der Waals surface area (Å²) in [5.41, 5.74) is 0.888. The summed E-state index contributed by atoms with van der Waals surface area (Å²) >= 11 is 9.57. The largest absolute Gasteiger partial charge is 0.507 e. The number of allylic oxidation sites excluding steroid dienone is 3. The fourth-order valence-corrected chi connectivity index (χ4v) is 2.57. The third-order valence-corrected chi connectivity index (χ3v) is 4.24. The van der Waals surface area contributed by atoms with Crippen LogP contribution in [0.25, 0.3) is 5.03 Å². The molecule has 0 spiro atoms. The number of methoxy groups -OCH3 is 2. The zero-order valence-corrected chi connectivity index (χ0v) is 16.0. The summed E-state index contributed by atoms with van der Waals surface area (Å²) in [6.45, 7) is 0. The standard InChI is InChI=1S/C19H16BrClO4/c1-24-14-10-17(23)19(18(11-14)25-2)16(22)5-3-4-15(21)12-6-8-13(20)9-7-12/h3-11,23H,1-2H3/b5-3+,15-4-. The molecule has 0 unspecified atom stereocenters. The normalized spacial score (nSPS) is 11.6. The van der Waals surface area contributed by atoms with Gasteiger partial charge in [-0.25, -0.2) is 0 Å². The lowest BCUT2D eigenvalue weighted by molar-refractivity contribution is 0.104. The van der Waals surface area contributed by atoms with Crippen LogP contribution in [0.3, 0.4) is 0 Å². The number of phenolic OH excluding ortho intramolecular Hbond substituents is 1. The number of phenols is 1. The van der Waals surface area contributed by atoms with Gasteiger partial charge in [0.15, 0.2) is 5.78 Å². The molecule has 2 aromatic carbocycles. The number of hydrogen-bond donors (Lipinski definition) is 1. The Hall–Kier alpha value is -2.24. The molecule has 0 radical (unpaired) electrons. The molecule has 0 aromatic heterocycles. The van der Waals surface area contributed by atoms with E-state index in [1.807, 2.05) is 24.3 Å². The number of benzene rings is 2. The number of rotatable bonds is 6. The molecule has 0 aliphatic heterocycles. The molecule has 2 rings (SSSR count). The van der Waals surface area contributed by atoms with Crippen molar-refractivity contribution < 1.29 is 19.4 Å². The first-order chi connectivity index (χ1) is 12.0. The molecule has 0 saturated carbocycles. The predicted molar refractivity (Wildman–Crippen MR) is 103 cm³/mol. The zero-order chi connectivity index (χ0) is 18.4. The minimum absolute atomic E-state index is 0.0627. The van der Waals surface area contributed by atoms with E-state index in [0.29, 0.717) is 10.8 Å². The van der Waals surface area contributed by atoms with Crippen LogP contribution in [-0.4, -0.2) is 25.1 Å². The van der Waals surface area contributed by atoms with Crippen molar-refractivity contribution >= 4 is 38.3 Å². The van der Waals surface area contributed by atoms with Crippen molar-refractivity contribution in [1.29, 1.82) is 0 Å². The lowest BCUT2D eigenvalue weighted by atomic mass is 10.1.